The van der Waals surface area contributed by atoms with Crippen LogP contribution in [0.15, 0.2) is 41.3 Å². The molecule has 1 aliphatic heterocycles. The molecule has 1 amide bonds. The van der Waals surface area contributed by atoms with Crippen LogP contribution in [0.25, 0.3) is 10.3 Å². The summed E-state index contributed by atoms with van der Waals surface area (Å²) < 4.78 is 34.0. The van der Waals surface area contributed by atoms with Crippen LogP contribution in [0.2, 0.25) is 0 Å². The molecule has 1 atom stereocenters. The summed E-state index contributed by atoms with van der Waals surface area (Å²) in [5.41, 5.74) is 1.54. The van der Waals surface area contributed by atoms with E-state index >= 15 is 0 Å². The Morgan fingerprint density at radius 1 is 0.930 bits per heavy atom. The third-order valence-electron chi connectivity index (χ3n) is 9.52. The lowest BCUT2D eigenvalue weighted by Crippen LogP contribution is -2.49. The molecule has 3 aliphatic rings. The second-order valence-corrected chi connectivity index (χ2v) is 15.3. The average molecular weight is 626 g/mol. The molecule has 1 unspecified atom stereocenters. The number of thiazole rings is 1. The number of sulfonamides is 1. The van der Waals surface area contributed by atoms with E-state index in [4.69, 9.17) is 4.74 Å². The first-order valence-electron chi connectivity index (χ1n) is 15.8. The summed E-state index contributed by atoms with van der Waals surface area (Å²) >= 11 is 1.32. The van der Waals surface area contributed by atoms with Gasteiger partial charge in [0.2, 0.25) is 21.8 Å². The first-order chi connectivity index (χ1) is 20.9. The van der Waals surface area contributed by atoms with Gasteiger partial charge in [0.25, 0.3) is 0 Å². The molecule has 9 nitrogen and oxygen atoms in total. The van der Waals surface area contributed by atoms with Crippen LogP contribution in [0, 0.1) is 11.8 Å². The van der Waals surface area contributed by atoms with Crippen LogP contribution in [-0.4, -0.2) is 73.3 Å². The van der Waals surface area contributed by atoms with Crippen LogP contribution >= 0.6 is 11.3 Å². The summed E-state index contributed by atoms with van der Waals surface area (Å²) in [5, 5.41) is 3.53. The second kappa shape index (κ2) is 13.6. The number of carbonyl (C=O) groups is 1. The van der Waals surface area contributed by atoms with Crippen molar-refractivity contribution in [3.05, 3.63) is 42.0 Å². The molecule has 2 aromatic heterocycles. The van der Waals surface area contributed by atoms with Crippen LogP contribution in [0.1, 0.15) is 75.7 Å². The zero-order valence-electron chi connectivity index (χ0n) is 25.0. The highest BCUT2D eigenvalue weighted by Crippen LogP contribution is 2.36. The van der Waals surface area contributed by atoms with Gasteiger partial charge >= 0.3 is 0 Å². The summed E-state index contributed by atoms with van der Waals surface area (Å²) in [7, 11) is -2.02. The van der Waals surface area contributed by atoms with Crippen molar-refractivity contribution in [2.75, 3.05) is 45.2 Å². The third-order valence-corrected chi connectivity index (χ3v) is 12.3. The molecule has 1 saturated heterocycles. The van der Waals surface area contributed by atoms with E-state index in [1.807, 2.05) is 18.2 Å². The van der Waals surface area contributed by atoms with E-state index in [2.05, 4.69) is 20.2 Å². The number of carbonyl (C=O) groups excluding carboxylic acids is 1. The van der Waals surface area contributed by atoms with Crippen LogP contribution in [0.5, 0.6) is 5.88 Å². The predicted molar refractivity (Wildman–Crippen MR) is 170 cm³/mol. The highest BCUT2D eigenvalue weighted by molar-refractivity contribution is 7.89. The molecule has 43 heavy (non-hydrogen) atoms. The Kier molecular flexibility index (Phi) is 9.61. The van der Waals surface area contributed by atoms with Crippen LogP contribution in [0.3, 0.4) is 0 Å². The summed E-state index contributed by atoms with van der Waals surface area (Å²) in [6, 6.07) is 10.6. The Morgan fingerprint density at radius 2 is 1.60 bits per heavy atom. The van der Waals surface area contributed by atoms with Gasteiger partial charge in [-0.15, -0.1) is 0 Å². The normalized spacial score (nSPS) is 20.4. The molecule has 0 radical (unpaired) electrons. The zero-order chi connectivity index (χ0) is 29.8. The molecule has 2 saturated carbocycles. The standard InChI is InChI=1S/C32H43N5O4S2/c1-41-29-16-15-28-31(34-29)42-32(33-28)35-30(38)27(21-23-7-5-6-8-23)25-11-13-26(14-12-25)43(39,40)37-19-17-36(18-20-37)22-24-9-3-2-4-10-24/h11-16,23-24,27H,2-10,17-22H2,1H3,(H,33,35,38). The van der Waals surface area contributed by atoms with Gasteiger partial charge in [-0.3, -0.25) is 4.79 Å². The zero-order valence-corrected chi connectivity index (χ0v) is 26.7. The fourth-order valence-corrected chi connectivity index (χ4v) is 9.30. The number of benzene rings is 1. The number of fused-ring (bicyclic) bond motifs is 1. The number of aromatic nitrogens is 2. The molecule has 6 rings (SSSR count). The van der Waals surface area contributed by atoms with Crippen LogP contribution in [0.4, 0.5) is 5.13 Å². The quantitative estimate of drug-likeness (QED) is 0.300. The number of rotatable bonds is 10. The van der Waals surface area contributed by atoms with E-state index in [0.29, 0.717) is 45.3 Å². The Labute approximate surface area is 259 Å². The maximum atomic E-state index is 13.7. The average Bonchev–Trinajstić information content (AvgIpc) is 3.70. The molecule has 232 valence electrons. The number of nitrogens with zero attached hydrogens (tertiary/aromatic N) is 4. The van der Waals surface area contributed by atoms with Gasteiger partial charge in [-0.2, -0.15) is 4.31 Å². The number of hydrogen-bond acceptors (Lipinski definition) is 8. The monoisotopic (exact) mass is 625 g/mol. The lowest BCUT2D eigenvalue weighted by Gasteiger charge is -2.36. The summed E-state index contributed by atoms with van der Waals surface area (Å²) in [4.78, 5) is 26.1. The number of methoxy groups -OCH3 is 1. The fraction of sp³-hybridized carbons (Fsp3) is 0.594. The van der Waals surface area contributed by atoms with E-state index in [1.165, 1.54) is 56.3 Å². The lowest BCUT2D eigenvalue weighted by molar-refractivity contribution is -0.118. The molecular formula is C32H43N5O4S2. The largest absolute Gasteiger partial charge is 0.481 e. The maximum absolute atomic E-state index is 13.7. The van der Waals surface area contributed by atoms with Crippen molar-refractivity contribution in [3.63, 3.8) is 0 Å². The highest BCUT2D eigenvalue weighted by atomic mass is 32.2. The fourth-order valence-electron chi connectivity index (χ4n) is 7.04. The van der Waals surface area contributed by atoms with Gasteiger partial charge in [0.05, 0.1) is 17.9 Å². The molecule has 0 bridgehead atoms. The number of anilines is 1. The first-order valence-corrected chi connectivity index (χ1v) is 18.1. The van der Waals surface area contributed by atoms with E-state index < -0.39 is 15.9 Å². The summed E-state index contributed by atoms with van der Waals surface area (Å²) in [5.74, 6) is 1.23. The minimum Gasteiger partial charge on any atom is -0.481 e. The van der Waals surface area contributed by atoms with Gasteiger partial charge in [-0.05, 0) is 54.9 Å². The van der Waals surface area contributed by atoms with Crippen molar-refractivity contribution in [3.8, 4) is 5.88 Å². The van der Waals surface area contributed by atoms with Crippen molar-refractivity contribution in [1.29, 1.82) is 0 Å². The molecule has 1 aromatic carbocycles. The van der Waals surface area contributed by atoms with Gasteiger partial charge in [0.15, 0.2) is 5.13 Å². The maximum Gasteiger partial charge on any atom is 0.243 e. The van der Waals surface area contributed by atoms with Crippen molar-refractivity contribution >= 4 is 42.7 Å². The third kappa shape index (κ3) is 7.21. The summed E-state index contributed by atoms with van der Waals surface area (Å²) in [6.45, 7) is 3.70. The van der Waals surface area contributed by atoms with Crippen LogP contribution < -0.4 is 10.1 Å². The number of ether oxygens (including phenoxy) is 1. The van der Waals surface area contributed by atoms with Crippen molar-refractivity contribution in [2.45, 2.75) is 75.0 Å². The van der Waals surface area contributed by atoms with E-state index in [0.717, 1.165) is 50.4 Å². The molecule has 3 heterocycles. The lowest BCUT2D eigenvalue weighted by atomic mass is 9.87. The number of pyridine rings is 1. The predicted octanol–water partition coefficient (Wildman–Crippen LogP) is 5.89. The molecule has 3 aromatic rings. The number of nitrogens with one attached hydrogen (secondary N) is 1. The Bertz CT molecular complexity index is 1490. The molecule has 11 heteroatoms. The number of hydrogen-bond donors (Lipinski definition) is 1. The van der Waals surface area contributed by atoms with E-state index in [1.54, 1.807) is 29.6 Å². The highest BCUT2D eigenvalue weighted by Gasteiger charge is 2.31. The molecule has 0 spiro atoms. The van der Waals surface area contributed by atoms with E-state index in [-0.39, 0.29) is 5.91 Å². The molecule has 3 fully saturated rings. The number of amides is 1. The number of piperazine rings is 1. The van der Waals surface area contributed by atoms with Gasteiger partial charge in [0.1, 0.15) is 10.3 Å². The van der Waals surface area contributed by atoms with Gasteiger partial charge < -0.3 is 15.0 Å². The molecular weight excluding hydrogens is 583 g/mol. The SMILES string of the molecule is COc1ccc2nc(NC(=O)C(CC3CCCC3)c3ccc(S(=O)(=O)N4CCN(CC5CCCCC5)CC4)cc3)sc2n1. The van der Waals surface area contributed by atoms with Gasteiger partial charge in [-0.25, -0.2) is 18.4 Å². The topological polar surface area (TPSA) is 105 Å². The minimum atomic E-state index is -3.59. The second-order valence-electron chi connectivity index (χ2n) is 12.4. The Hall–Kier alpha value is -2.60. The minimum absolute atomic E-state index is 0.123. The van der Waals surface area contributed by atoms with Crippen molar-refractivity contribution in [1.82, 2.24) is 19.2 Å². The van der Waals surface area contributed by atoms with Gasteiger partial charge in [0, 0.05) is 38.8 Å². The Balaban J connectivity index is 1.13. The molecule has 2 aliphatic carbocycles. The smallest absolute Gasteiger partial charge is 0.243 e. The Morgan fingerprint density at radius 3 is 2.30 bits per heavy atom. The van der Waals surface area contributed by atoms with Crippen molar-refractivity contribution in [2.24, 2.45) is 11.8 Å². The van der Waals surface area contributed by atoms with Crippen molar-refractivity contribution < 1.29 is 17.9 Å². The van der Waals surface area contributed by atoms with E-state index in [9.17, 15) is 13.2 Å². The summed E-state index contributed by atoms with van der Waals surface area (Å²) in [6.07, 6.45) is 12.0. The first kappa shape index (κ1) is 30.4. The van der Waals surface area contributed by atoms with Crippen LogP contribution in [-0.2, 0) is 14.8 Å². The molecule has 1 N–H and O–H groups in total. The van der Waals surface area contributed by atoms with Gasteiger partial charge in [-0.1, -0.05) is 68.4 Å².